The Labute approximate surface area is 107 Å². The zero-order chi connectivity index (χ0) is 11.7. The summed E-state index contributed by atoms with van der Waals surface area (Å²) in [5.41, 5.74) is 2.21. The first-order chi connectivity index (χ1) is 7.65. The Morgan fingerprint density at radius 3 is 2.69 bits per heavy atom. The zero-order valence-corrected chi connectivity index (χ0v) is 11.2. The number of anilines is 1. The third-order valence-corrected chi connectivity index (χ3v) is 4.08. The maximum atomic E-state index is 6.27. The molecule has 1 aromatic rings. The lowest BCUT2D eigenvalue weighted by atomic mass is 10.1. The largest absolute Gasteiger partial charge is 0.370 e. The van der Waals surface area contributed by atoms with E-state index in [0.29, 0.717) is 11.9 Å². The van der Waals surface area contributed by atoms with Crippen LogP contribution in [0, 0.1) is 5.92 Å². The van der Waals surface area contributed by atoms with Gasteiger partial charge in [0, 0.05) is 19.0 Å². The van der Waals surface area contributed by atoms with Gasteiger partial charge in [0.05, 0.1) is 10.7 Å². The minimum atomic E-state index is 0.512. The molecular formula is C13H17Cl2N. The molecule has 0 saturated heterocycles. The summed E-state index contributed by atoms with van der Waals surface area (Å²) in [4.78, 5) is 2.28. The Kier molecular flexibility index (Phi) is 3.66. The van der Waals surface area contributed by atoms with Crippen LogP contribution in [0.15, 0.2) is 18.2 Å². The molecule has 0 amide bonds. The second-order valence-electron chi connectivity index (χ2n) is 4.57. The van der Waals surface area contributed by atoms with Gasteiger partial charge in [-0.1, -0.05) is 23.7 Å². The Balaban J connectivity index is 2.30. The molecule has 3 heteroatoms. The van der Waals surface area contributed by atoms with E-state index in [-0.39, 0.29) is 0 Å². The standard InChI is InChI=1S/C13H17Cl2N/c1-9(10-6-7-10)16(2)13-11(8-14)4-3-5-12(13)15/h3-5,9-10H,6-8H2,1-2H3. The molecule has 0 heterocycles. The quantitative estimate of drug-likeness (QED) is 0.727. The number of hydrogen-bond acceptors (Lipinski definition) is 1. The molecule has 1 fully saturated rings. The number of rotatable bonds is 4. The molecule has 88 valence electrons. The van der Waals surface area contributed by atoms with Gasteiger partial charge in [-0.3, -0.25) is 0 Å². The molecule has 0 aliphatic heterocycles. The summed E-state index contributed by atoms with van der Waals surface area (Å²) in [7, 11) is 2.11. The molecule has 0 radical (unpaired) electrons. The van der Waals surface area contributed by atoms with E-state index in [0.717, 1.165) is 22.2 Å². The van der Waals surface area contributed by atoms with Crippen LogP contribution in [0.4, 0.5) is 5.69 Å². The fourth-order valence-electron chi connectivity index (χ4n) is 2.16. The van der Waals surface area contributed by atoms with Gasteiger partial charge in [-0.2, -0.15) is 0 Å². The van der Waals surface area contributed by atoms with Gasteiger partial charge >= 0.3 is 0 Å². The van der Waals surface area contributed by atoms with E-state index < -0.39 is 0 Å². The highest BCUT2D eigenvalue weighted by atomic mass is 35.5. The fraction of sp³-hybridized carbons (Fsp3) is 0.538. The summed E-state index contributed by atoms with van der Waals surface area (Å²) in [5.74, 6) is 1.34. The van der Waals surface area contributed by atoms with Crippen LogP contribution in [0.3, 0.4) is 0 Å². The van der Waals surface area contributed by atoms with Crippen LogP contribution in [0.25, 0.3) is 0 Å². The monoisotopic (exact) mass is 257 g/mol. The van der Waals surface area contributed by atoms with Crippen LogP contribution in [0.1, 0.15) is 25.3 Å². The number of alkyl halides is 1. The van der Waals surface area contributed by atoms with Crippen molar-refractivity contribution in [1.29, 1.82) is 0 Å². The van der Waals surface area contributed by atoms with E-state index in [4.69, 9.17) is 23.2 Å². The van der Waals surface area contributed by atoms with E-state index in [1.807, 2.05) is 18.2 Å². The number of nitrogens with zero attached hydrogens (tertiary/aromatic N) is 1. The third-order valence-electron chi connectivity index (χ3n) is 3.48. The summed E-state index contributed by atoms with van der Waals surface area (Å²) >= 11 is 12.2. The average molecular weight is 258 g/mol. The van der Waals surface area contributed by atoms with Gasteiger partial charge in [-0.15, -0.1) is 11.6 Å². The number of para-hydroxylation sites is 1. The minimum Gasteiger partial charge on any atom is -0.370 e. The smallest absolute Gasteiger partial charge is 0.0642 e. The van der Waals surface area contributed by atoms with E-state index in [1.54, 1.807) is 0 Å². The molecular weight excluding hydrogens is 241 g/mol. The molecule has 1 unspecified atom stereocenters. The molecule has 1 aliphatic rings. The zero-order valence-electron chi connectivity index (χ0n) is 9.71. The molecule has 16 heavy (non-hydrogen) atoms. The second-order valence-corrected chi connectivity index (χ2v) is 5.24. The van der Waals surface area contributed by atoms with E-state index >= 15 is 0 Å². The van der Waals surface area contributed by atoms with Crippen molar-refractivity contribution in [3.05, 3.63) is 28.8 Å². The lowest BCUT2D eigenvalue weighted by Crippen LogP contribution is -2.31. The van der Waals surface area contributed by atoms with Crippen molar-refractivity contribution in [3.63, 3.8) is 0 Å². The number of hydrogen-bond donors (Lipinski definition) is 0. The molecule has 1 saturated carbocycles. The Bertz CT molecular complexity index is 374. The topological polar surface area (TPSA) is 3.24 Å². The molecule has 1 aromatic carbocycles. The molecule has 0 bridgehead atoms. The maximum absolute atomic E-state index is 6.27. The lowest BCUT2D eigenvalue weighted by molar-refractivity contribution is 0.608. The van der Waals surface area contributed by atoms with Crippen molar-refractivity contribution in [2.75, 3.05) is 11.9 Å². The third kappa shape index (κ3) is 2.31. The first-order valence-electron chi connectivity index (χ1n) is 5.71. The summed E-state index contributed by atoms with van der Waals surface area (Å²) < 4.78 is 0. The van der Waals surface area contributed by atoms with Gasteiger partial charge in [0.15, 0.2) is 0 Å². The Morgan fingerprint density at radius 1 is 1.44 bits per heavy atom. The molecule has 1 aliphatic carbocycles. The summed E-state index contributed by atoms with van der Waals surface area (Å²) in [6.45, 7) is 2.26. The fourth-order valence-corrected chi connectivity index (χ4v) is 2.70. The molecule has 1 atom stereocenters. The highest BCUT2D eigenvalue weighted by molar-refractivity contribution is 6.33. The Hall–Kier alpha value is -0.400. The van der Waals surface area contributed by atoms with Gasteiger partial charge in [-0.05, 0) is 37.3 Å². The van der Waals surface area contributed by atoms with E-state index in [2.05, 4.69) is 18.9 Å². The van der Waals surface area contributed by atoms with Gasteiger partial charge in [0.2, 0.25) is 0 Å². The van der Waals surface area contributed by atoms with Crippen molar-refractivity contribution in [2.24, 2.45) is 5.92 Å². The minimum absolute atomic E-state index is 0.512. The first kappa shape index (κ1) is 12.1. The first-order valence-corrected chi connectivity index (χ1v) is 6.62. The Morgan fingerprint density at radius 2 is 2.12 bits per heavy atom. The predicted molar refractivity (Wildman–Crippen MR) is 71.6 cm³/mol. The van der Waals surface area contributed by atoms with Crippen LogP contribution in [-0.2, 0) is 5.88 Å². The molecule has 0 spiro atoms. The molecule has 2 rings (SSSR count). The highest BCUT2D eigenvalue weighted by Crippen LogP contribution is 2.39. The normalized spacial score (nSPS) is 17.2. The van der Waals surface area contributed by atoms with E-state index in [1.165, 1.54) is 12.8 Å². The number of halogens is 2. The maximum Gasteiger partial charge on any atom is 0.0642 e. The summed E-state index contributed by atoms with van der Waals surface area (Å²) in [5, 5.41) is 0.799. The average Bonchev–Trinajstić information content (AvgIpc) is 3.10. The lowest BCUT2D eigenvalue weighted by Gasteiger charge is -2.29. The summed E-state index contributed by atoms with van der Waals surface area (Å²) in [6.07, 6.45) is 2.68. The molecule has 1 nitrogen and oxygen atoms in total. The second kappa shape index (κ2) is 4.85. The van der Waals surface area contributed by atoms with Crippen LogP contribution >= 0.6 is 23.2 Å². The van der Waals surface area contributed by atoms with Crippen molar-refractivity contribution in [3.8, 4) is 0 Å². The molecule has 0 N–H and O–H groups in total. The van der Waals surface area contributed by atoms with Crippen molar-refractivity contribution < 1.29 is 0 Å². The van der Waals surface area contributed by atoms with Crippen LogP contribution in [-0.4, -0.2) is 13.1 Å². The number of benzene rings is 1. The van der Waals surface area contributed by atoms with Crippen molar-refractivity contribution in [2.45, 2.75) is 31.7 Å². The van der Waals surface area contributed by atoms with E-state index in [9.17, 15) is 0 Å². The predicted octanol–water partition coefficient (Wildman–Crippen LogP) is 4.31. The van der Waals surface area contributed by atoms with Crippen LogP contribution in [0.2, 0.25) is 5.02 Å². The molecule has 0 aromatic heterocycles. The van der Waals surface area contributed by atoms with Gasteiger partial charge in [-0.25, -0.2) is 0 Å². The van der Waals surface area contributed by atoms with Crippen molar-refractivity contribution in [1.82, 2.24) is 0 Å². The van der Waals surface area contributed by atoms with Crippen molar-refractivity contribution >= 4 is 28.9 Å². The van der Waals surface area contributed by atoms with Gasteiger partial charge in [0.1, 0.15) is 0 Å². The van der Waals surface area contributed by atoms with Gasteiger partial charge in [0.25, 0.3) is 0 Å². The van der Waals surface area contributed by atoms with Crippen LogP contribution in [0.5, 0.6) is 0 Å². The van der Waals surface area contributed by atoms with Crippen LogP contribution < -0.4 is 4.90 Å². The summed E-state index contributed by atoms with van der Waals surface area (Å²) in [6, 6.07) is 6.48. The SMILES string of the molecule is CC(C1CC1)N(C)c1c(Cl)cccc1CCl. The van der Waals surface area contributed by atoms with Gasteiger partial charge < -0.3 is 4.90 Å². The highest BCUT2D eigenvalue weighted by Gasteiger charge is 2.31.